The first-order valence-corrected chi connectivity index (χ1v) is 12.8. The van der Waals surface area contributed by atoms with Crippen LogP contribution in [0.15, 0.2) is 48.5 Å². The molecule has 2 amide bonds. The number of piperazine rings is 1. The Bertz CT molecular complexity index is 1010. The molecule has 2 fully saturated rings. The Kier molecular flexibility index (Phi) is 6.86. The van der Waals surface area contributed by atoms with Gasteiger partial charge < -0.3 is 14.7 Å². The molecule has 34 heavy (non-hydrogen) atoms. The number of carbonyl (C=O) groups is 2. The molecule has 0 N–H and O–H groups in total. The minimum absolute atomic E-state index is 0.0890. The number of rotatable bonds is 4. The van der Waals surface area contributed by atoms with Crippen LogP contribution in [0.2, 0.25) is 0 Å². The van der Waals surface area contributed by atoms with E-state index in [1.807, 2.05) is 21.9 Å². The fourth-order valence-corrected chi connectivity index (χ4v) is 5.57. The Balaban J connectivity index is 1.13. The molecule has 5 rings (SSSR count). The number of anilines is 1. The summed E-state index contributed by atoms with van der Waals surface area (Å²) in [4.78, 5) is 34.4. The van der Waals surface area contributed by atoms with Gasteiger partial charge in [0.15, 0.2) is 0 Å². The van der Waals surface area contributed by atoms with Gasteiger partial charge >= 0.3 is 0 Å². The number of amides is 2. The third kappa shape index (κ3) is 4.97. The van der Waals surface area contributed by atoms with E-state index >= 15 is 0 Å². The van der Waals surface area contributed by atoms with Crippen LogP contribution in [0, 0.1) is 0 Å². The van der Waals surface area contributed by atoms with Crippen molar-refractivity contribution >= 4 is 17.5 Å². The average molecular weight is 461 g/mol. The van der Waals surface area contributed by atoms with E-state index in [2.05, 4.69) is 53.1 Å². The molecule has 2 aromatic rings. The smallest absolute Gasteiger partial charge is 0.253 e. The highest BCUT2D eigenvalue weighted by molar-refractivity contribution is 5.94. The number of nitrogens with zero attached hydrogens (tertiary/aromatic N) is 4. The highest BCUT2D eigenvalue weighted by atomic mass is 16.2. The molecule has 0 saturated carbocycles. The van der Waals surface area contributed by atoms with E-state index in [0.717, 1.165) is 57.5 Å². The first kappa shape index (κ1) is 22.9. The summed E-state index contributed by atoms with van der Waals surface area (Å²) in [6, 6.07) is 17.1. The molecule has 2 aromatic carbocycles. The summed E-state index contributed by atoms with van der Waals surface area (Å²) in [5, 5.41) is 0. The second-order valence-corrected chi connectivity index (χ2v) is 9.99. The fraction of sp³-hybridized carbons (Fsp3) is 0.500. The van der Waals surface area contributed by atoms with Gasteiger partial charge in [-0.25, -0.2) is 0 Å². The van der Waals surface area contributed by atoms with Crippen LogP contribution in [0.3, 0.4) is 0 Å². The third-order valence-electron chi connectivity index (χ3n) is 7.75. The van der Waals surface area contributed by atoms with E-state index in [1.54, 1.807) is 0 Å². The zero-order valence-electron chi connectivity index (χ0n) is 20.3. The normalized spacial score (nSPS) is 21.3. The van der Waals surface area contributed by atoms with Crippen molar-refractivity contribution in [3.05, 3.63) is 65.2 Å². The first-order chi connectivity index (χ1) is 16.6. The molecule has 2 saturated heterocycles. The van der Waals surface area contributed by atoms with Crippen LogP contribution < -0.4 is 4.90 Å². The van der Waals surface area contributed by atoms with Gasteiger partial charge in [0.25, 0.3) is 5.91 Å². The summed E-state index contributed by atoms with van der Waals surface area (Å²) >= 11 is 0. The molecule has 0 radical (unpaired) electrons. The van der Waals surface area contributed by atoms with Crippen molar-refractivity contribution in [2.75, 3.05) is 50.7 Å². The lowest BCUT2D eigenvalue weighted by Crippen LogP contribution is -2.53. The van der Waals surface area contributed by atoms with Crippen molar-refractivity contribution < 1.29 is 9.59 Å². The number of hydrogen-bond acceptors (Lipinski definition) is 4. The molecule has 0 spiro atoms. The van der Waals surface area contributed by atoms with Crippen LogP contribution >= 0.6 is 0 Å². The topological polar surface area (TPSA) is 47.1 Å². The lowest BCUT2D eigenvalue weighted by atomic mass is 9.99. The van der Waals surface area contributed by atoms with E-state index in [4.69, 9.17) is 0 Å². The number of likely N-dealkylation sites (tertiary alicyclic amines) is 1. The molecule has 3 aliphatic heterocycles. The largest absolute Gasteiger partial charge is 0.367 e. The number of piperidine rings is 1. The van der Waals surface area contributed by atoms with Gasteiger partial charge in [-0.05, 0) is 68.0 Å². The highest BCUT2D eigenvalue weighted by Crippen LogP contribution is 2.25. The fourth-order valence-electron chi connectivity index (χ4n) is 5.57. The van der Waals surface area contributed by atoms with Gasteiger partial charge in [-0.1, -0.05) is 24.3 Å². The summed E-state index contributed by atoms with van der Waals surface area (Å²) in [6.45, 7) is 8.29. The summed E-state index contributed by atoms with van der Waals surface area (Å²) in [5.41, 5.74) is 4.74. The van der Waals surface area contributed by atoms with Crippen LogP contribution in [-0.2, 0) is 17.8 Å². The predicted octanol–water partition coefficient (Wildman–Crippen LogP) is 3.41. The SMILES string of the molecule is CC1CCCCN1C(=O)CN1CCN(C(=O)c2ccc(N3CCc4ccccc4C3)cc2)CC1. The Morgan fingerprint density at radius 2 is 1.59 bits per heavy atom. The second-order valence-electron chi connectivity index (χ2n) is 9.99. The molecule has 3 aliphatic rings. The molecule has 3 heterocycles. The zero-order valence-corrected chi connectivity index (χ0v) is 20.3. The summed E-state index contributed by atoms with van der Waals surface area (Å²) in [7, 11) is 0. The van der Waals surface area contributed by atoms with Crippen molar-refractivity contribution in [1.29, 1.82) is 0 Å². The molecule has 0 aliphatic carbocycles. The van der Waals surface area contributed by atoms with Crippen molar-refractivity contribution in [1.82, 2.24) is 14.7 Å². The average Bonchev–Trinajstić information content (AvgIpc) is 2.89. The summed E-state index contributed by atoms with van der Waals surface area (Å²) < 4.78 is 0. The molecule has 1 unspecified atom stereocenters. The Hall–Kier alpha value is -2.86. The minimum atomic E-state index is 0.0890. The van der Waals surface area contributed by atoms with Gasteiger partial charge in [0.2, 0.25) is 5.91 Å². The molecule has 0 aromatic heterocycles. The quantitative estimate of drug-likeness (QED) is 0.702. The van der Waals surface area contributed by atoms with Gasteiger partial charge in [0, 0.05) is 63.1 Å². The molecule has 6 nitrogen and oxygen atoms in total. The van der Waals surface area contributed by atoms with E-state index < -0.39 is 0 Å². The third-order valence-corrected chi connectivity index (χ3v) is 7.75. The molecule has 0 bridgehead atoms. The van der Waals surface area contributed by atoms with Gasteiger partial charge in [0.05, 0.1) is 6.54 Å². The molecule has 180 valence electrons. The molecule has 1 atom stereocenters. The van der Waals surface area contributed by atoms with Crippen molar-refractivity contribution in [3.8, 4) is 0 Å². The lowest BCUT2D eigenvalue weighted by molar-refractivity contribution is -0.136. The summed E-state index contributed by atoms with van der Waals surface area (Å²) in [5.74, 6) is 0.328. The highest BCUT2D eigenvalue weighted by Gasteiger charge is 2.28. The molecule has 6 heteroatoms. The maximum atomic E-state index is 13.1. The number of hydrogen-bond donors (Lipinski definition) is 0. The van der Waals surface area contributed by atoms with Crippen LogP contribution in [-0.4, -0.2) is 78.4 Å². The number of benzene rings is 2. The van der Waals surface area contributed by atoms with E-state index in [9.17, 15) is 9.59 Å². The van der Waals surface area contributed by atoms with Crippen molar-refractivity contribution in [2.24, 2.45) is 0 Å². The van der Waals surface area contributed by atoms with E-state index in [0.29, 0.717) is 25.7 Å². The van der Waals surface area contributed by atoms with Crippen LogP contribution in [0.4, 0.5) is 5.69 Å². The van der Waals surface area contributed by atoms with Crippen LogP contribution in [0.1, 0.15) is 47.7 Å². The van der Waals surface area contributed by atoms with Gasteiger partial charge in [0.1, 0.15) is 0 Å². The minimum Gasteiger partial charge on any atom is -0.367 e. The zero-order chi connectivity index (χ0) is 23.5. The predicted molar refractivity (Wildman–Crippen MR) is 135 cm³/mol. The Morgan fingerprint density at radius 1 is 0.853 bits per heavy atom. The lowest BCUT2D eigenvalue weighted by Gasteiger charge is -2.38. The van der Waals surface area contributed by atoms with Gasteiger partial charge in [-0.15, -0.1) is 0 Å². The maximum absolute atomic E-state index is 13.1. The number of fused-ring (bicyclic) bond motifs is 1. The Labute approximate surface area is 203 Å². The second kappa shape index (κ2) is 10.2. The van der Waals surface area contributed by atoms with E-state index in [1.165, 1.54) is 23.2 Å². The monoisotopic (exact) mass is 460 g/mol. The van der Waals surface area contributed by atoms with Crippen molar-refractivity contribution in [3.63, 3.8) is 0 Å². The van der Waals surface area contributed by atoms with Crippen LogP contribution in [0.25, 0.3) is 0 Å². The van der Waals surface area contributed by atoms with Gasteiger partial charge in [-0.2, -0.15) is 0 Å². The standard InChI is InChI=1S/C28H36N4O2/c1-22-6-4-5-14-32(22)27(33)21-29-16-18-30(19-17-29)28(34)24-9-11-26(12-10-24)31-15-13-23-7-2-3-8-25(23)20-31/h2-3,7-12,22H,4-6,13-21H2,1H3. The molecular formula is C28H36N4O2. The van der Waals surface area contributed by atoms with Gasteiger partial charge in [-0.3, -0.25) is 14.5 Å². The maximum Gasteiger partial charge on any atom is 0.253 e. The van der Waals surface area contributed by atoms with Crippen LogP contribution in [0.5, 0.6) is 0 Å². The first-order valence-electron chi connectivity index (χ1n) is 12.8. The summed E-state index contributed by atoms with van der Waals surface area (Å²) in [6.07, 6.45) is 4.50. The van der Waals surface area contributed by atoms with E-state index in [-0.39, 0.29) is 11.8 Å². The van der Waals surface area contributed by atoms with Crippen molar-refractivity contribution in [2.45, 2.75) is 45.2 Å². The number of carbonyl (C=O) groups excluding carboxylic acids is 2. The molecular weight excluding hydrogens is 424 g/mol. The Morgan fingerprint density at radius 3 is 2.32 bits per heavy atom.